The molecule has 0 aromatic heterocycles. The predicted molar refractivity (Wildman–Crippen MR) is 146 cm³/mol. The lowest BCUT2D eigenvalue weighted by Gasteiger charge is -2.33. The third-order valence-corrected chi connectivity index (χ3v) is 10.9. The molecule has 1 spiro atoms. The molecule has 2 aliphatic heterocycles. The fourth-order valence-electron chi connectivity index (χ4n) is 7.46. The third kappa shape index (κ3) is 5.69. The Labute approximate surface area is 229 Å². The number of piperidine rings is 1. The second kappa shape index (κ2) is 10.3. The maximum absolute atomic E-state index is 13.1. The van der Waals surface area contributed by atoms with Crippen LogP contribution in [0, 0.1) is 11.8 Å². The lowest BCUT2D eigenvalue weighted by molar-refractivity contribution is -0.136. The van der Waals surface area contributed by atoms with Crippen LogP contribution in [0.25, 0.3) is 6.08 Å². The van der Waals surface area contributed by atoms with Gasteiger partial charge in [0, 0.05) is 18.6 Å². The van der Waals surface area contributed by atoms with Crippen LogP contribution in [0.2, 0.25) is 0 Å². The first-order valence-corrected chi connectivity index (χ1v) is 15.5. The molecule has 0 radical (unpaired) electrons. The van der Waals surface area contributed by atoms with Crippen LogP contribution in [-0.2, 0) is 29.5 Å². The Morgan fingerprint density at radius 2 is 1.72 bits per heavy atom. The molecule has 3 fully saturated rings. The van der Waals surface area contributed by atoms with Crippen LogP contribution in [0.5, 0.6) is 0 Å². The molecular formula is C30H36F3N3O2S. The van der Waals surface area contributed by atoms with Crippen LogP contribution in [0.4, 0.5) is 13.2 Å². The van der Waals surface area contributed by atoms with Gasteiger partial charge in [-0.15, -0.1) is 0 Å². The van der Waals surface area contributed by atoms with E-state index in [1.54, 1.807) is 0 Å². The van der Waals surface area contributed by atoms with Gasteiger partial charge in [-0.2, -0.15) is 30.6 Å². The number of nitrogens with zero attached hydrogens (tertiary/aromatic N) is 1. The quantitative estimate of drug-likeness (QED) is 0.541. The largest absolute Gasteiger partial charge is 0.402 e. The minimum Gasteiger partial charge on any atom is -0.307 e. The molecule has 2 unspecified atom stereocenters. The second-order valence-electron chi connectivity index (χ2n) is 11.9. The first kappa shape index (κ1) is 27.0. The average molecular weight is 560 g/mol. The van der Waals surface area contributed by atoms with Crippen LogP contribution < -0.4 is 10.0 Å². The summed E-state index contributed by atoms with van der Waals surface area (Å²) >= 11 is 0. The highest BCUT2D eigenvalue weighted by atomic mass is 32.2. The maximum atomic E-state index is 13.1. The molecule has 2 aromatic rings. The number of rotatable bonds is 5. The van der Waals surface area contributed by atoms with Crippen molar-refractivity contribution in [3.8, 4) is 0 Å². The zero-order valence-electron chi connectivity index (χ0n) is 22.0. The van der Waals surface area contributed by atoms with Crippen molar-refractivity contribution in [2.45, 2.75) is 75.2 Å². The molecule has 5 nitrogen and oxygen atoms in total. The Kier molecular flexibility index (Phi) is 7.15. The number of alkyl halides is 3. The van der Waals surface area contributed by atoms with Gasteiger partial charge in [0.25, 0.3) is 10.2 Å². The zero-order valence-corrected chi connectivity index (χ0v) is 22.8. The van der Waals surface area contributed by atoms with E-state index < -0.39 is 28.5 Å². The van der Waals surface area contributed by atoms with Gasteiger partial charge in [-0.3, -0.25) is 0 Å². The SMILES string of the molecule is O=S1(=O)N[C@]2(CN1CC(F)(F)F)[C@@H]1CC[C@H]2Cc2ccc(/C=C/C3CCCC(Cc4ccccc4)N3)cc2C1. The average Bonchev–Trinajstić information content (AvgIpc) is 3.27. The Hall–Kier alpha value is -2.20. The van der Waals surface area contributed by atoms with Crippen LogP contribution in [-0.4, -0.2) is 49.6 Å². The highest BCUT2D eigenvalue weighted by molar-refractivity contribution is 7.87. The molecule has 2 aliphatic carbocycles. The van der Waals surface area contributed by atoms with Crippen LogP contribution in [0.15, 0.2) is 54.6 Å². The summed E-state index contributed by atoms with van der Waals surface area (Å²) in [6, 6.07) is 17.8. The first-order chi connectivity index (χ1) is 18.6. The number of benzene rings is 2. The standard InChI is InChI=1S/C30H36F3N3O2S/c31-30(32,33)20-36-19-29(35-39(36,37)38)25-12-13-26(29)18-24-15-22(9-11-23(24)17-25)10-14-27-7-4-8-28(34-27)16-21-5-2-1-3-6-21/h1-3,5-6,9-11,14-15,25-28,34-35H,4,7-8,12-13,16-20H2/b14-10+/t25-,26+,27?,28?,29-/m0/s1. The highest BCUT2D eigenvalue weighted by Crippen LogP contribution is 2.50. The van der Waals surface area contributed by atoms with Gasteiger partial charge >= 0.3 is 6.18 Å². The minimum atomic E-state index is -4.57. The van der Waals surface area contributed by atoms with E-state index in [4.69, 9.17) is 0 Å². The first-order valence-electron chi connectivity index (χ1n) is 14.1. The van der Waals surface area contributed by atoms with E-state index in [0.717, 1.165) is 31.2 Å². The van der Waals surface area contributed by atoms with Crippen molar-refractivity contribution in [2.24, 2.45) is 11.8 Å². The molecule has 0 amide bonds. The smallest absolute Gasteiger partial charge is 0.307 e. The minimum absolute atomic E-state index is 0.00821. The normalized spacial score (nSPS) is 32.5. The third-order valence-electron chi connectivity index (χ3n) is 9.30. The summed E-state index contributed by atoms with van der Waals surface area (Å²) < 4.78 is 68.2. The second-order valence-corrected chi connectivity index (χ2v) is 13.6. The van der Waals surface area contributed by atoms with Gasteiger partial charge in [0.05, 0.1) is 5.54 Å². The van der Waals surface area contributed by atoms with E-state index in [1.165, 1.54) is 29.5 Å². The summed E-state index contributed by atoms with van der Waals surface area (Å²) in [5, 5.41) is 3.79. The molecule has 4 aliphatic rings. The fraction of sp³-hybridized carbons (Fsp3) is 0.533. The van der Waals surface area contributed by atoms with E-state index in [1.807, 2.05) is 6.07 Å². The van der Waals surface area contributed by atoms with Gasteiger partial charge in [0.2, 0.25) is 0 Å². The number of fused-ring (bicyclic) bond motifs is 1. The Balaban J connectivity index is 1.15. The van der Waals surface area contributed by atoms with Crippen molar-refractivity contribution in [1.82, 2.24) is 14.3 Å². The molecule has 1 saturated carbocycles. The molecular weight excluding hydrogens is 523 g/mol. The molecule has 9 heteroatoms. The van der Waals surface area contributed by atoms with Crippen molar-refractivity contribution in [1.29, 1.82) is 0 Å². The Morgan fingerprint density at radius 3 is 2.46 bits per heavy atom. The van der Waals surface area contributed by atoms with Gasteiger partial charge in [-0.25, -0.2) is 0 Å². The van der Waals surface area contributed by atoms with E-state index in [0.29, 0.717) is 29.2 Å². The number of hydrogen-bond donors (Lipinski definition) is 2. The van der Waals surface area contributed by atoms with E-state index in [2.05, 4.69) is 64.7 Å². The van der Waals surface area contributed by atoms with Crippen molar-refractivity contribution in [3.05, 3.63) is 76.9 Å². The van der Waals surface area contributed by atoms with Crippen LogP contribution in [0.3, 0.4) is 0 Å². The van der Waals surface area contributed by atoms with Gasteiger partial charge in [0.1, 0.15) is 6.54 Å². The van der Waals surface area contributed by atoms with Gasteiger partial charge in [-0.1, -0.05) is 67.1 Å². The predicted octanol–water partition coefficient (Wildman–Crippen LogP) is 5.03. The summed E-state index contributed by atoms with van der Waals surface area (Å²) in [5.41, 5.74) is 4.00. The summed E-state index contributed by atoms with van der Waals surface area (Å²) in [4.78, 5) is 0. The van der Waals surface area contributed by atoms with E-state index in [-0.39, 0.29) is 18.4 Å². The molecule has 2 bridgehead atoms. The van der Waals surface area contributed by atoms with Gasteiger partial charge in [0.15, 0.2) is 0 Å². The van der Waals surface area contributed by atoms with Crippen LogP contribution in [0.1, 0.15) is 54.4 Å². The van der Waals surface area contributed by atoms with E-state index in [9.17, 15) is 21.6 Å². The fourth-order valence-corrected chi connectivity index (χ4v) is 9.17. The summed E-state index contributed by atoms with van der Waals surface area (Å²) in [5.74, 6) is -0.0270. The lowest BCUT2D eigenvalue weighted by Crippen LogP contribution is -2.52. The van der Waals surface area contributed by atoms with Crippen molar-refractivity contribution in [3.63, 3.8) is 0 Å². The summed E-state index contributed by atoms with van der Waals surface area (Å²) in [6.45, 7) is -1.55. The van der Waals surface area contributed by atoms with Gasteiger partial charge < -0.3 is 5.32 Å². The maximum Gasteiger partial charge on any atom is 0.402 e. The summed E-state index contributed by atoms with van der Waals surface area (Å²) in [6.07, 6.45) is 7.36. The topological polar surface area (TPSA) is 61.4 Å². The number of nitrogens with one attached hydrogen (secondary N) is 2. The monoisotopic (exact) mass is 559 g/mol. The molecule has 6 rings (SSSR count). The van der Waals surface area contributed by atoms with Crippen molar-refractivity contribution < 1.29 is 21.6 Å². The van der Waals surface area contributed by atoms with Crippen molar-refractivity contribution in [2.75, 3.05) is 13.1 Å². The van der Waals surface area contributed by atoms with Crippen molar-refractivity contribution >= 4 is 16.3 Å². The molecule has 2 N–H and O–H groups in total. The molecule has 2 saturated heterocycles. The number of hydrogen-bond acceptors (Lipinski definition) is 3. The molecule has 39 heavy (non-hydrogen) atoms. The Morgan fingerprint density at radius 1 is 0.974 bits per heavy atom. The molecule has 2 aromatic carbocycles. The number of halogens is 3. The van der Waals surface area contributed by atoms with Gasteiger partial charge in [-0.05, 0) is 79.0 Å². The highest BCUT2D eigenvalue weighted by Gasteiger charge is 2.60. The Bertz CT molecular complexity index is 1330. The molecule has 2 heterocycles. The molecule has 210 valence electrons. The van der Waals surface area contributed by atoms with E-state index >= 15 is 0 Å². The lowest BCUT2D eigenvalue weighted by atomic mass is 9.79. The zero-order chi connectivity index (χ0) is 27.3. The molecule has 5 atom stereocenters. The summed E-state index contributed by atoms with van der Waals surface area (Å²) in [7, 11) is -4.17. The van der Waals surface area contributed by atoms with Crippen LogP contribution >= 0.6 is 0 Å².